The lowest BCUT2D eigenvalue weighted by Crippen LogP contribution is -1.96. The first-order valence-electron chi connectivity index (χ1n) is 7.36. The van der Waals surface area contributed by atoms with Gasteiger partial charge in [0.15, 0.2) is 0 Å². The zero-order chi connectivity index (χ0) is 12.8. The quantitative estimate of drug-likeness (QED) is 0.583. The van der Waals surface area contributed by atoms with Gasteiger partial charge in [-0.05, 0) is 41.2 Å². The highest BCUT2D eigenvalue weighted by atomic mass is 14.1. The fourth-order valence-corrected chi connectivity index (χ4v) is 2.73. The average molecular weight is 240 g/mol. The molecule has 96 valence electrons. The predicted octanol–water partition coefficient (Wildman–Crippen LogP) is 5.53. The van der Waals surface area contributed by atoms with E-state index in [1.54, 1.807) is 11.1 Å². The smallest absolute Gasteiger partial charge is 0.0149 e. The Morgan fingerprint density at radius 1 is 0.778 bits per heavy atom. The molecule has 0 aliphatic heterocycles. The Morgan fingerprint density at radius 3 is 2.39 bits per heavy atom. The fraction of sp³-hybridized carbons (Fsp3) is 0.444. The van der Waals surface area contributed by atoms with E-state index in [1.165, 1.54) is 49.3 Å². The van der Waals surface area contributed by atoms with Crippen molar-refractivity contribution in [2.45, 2.75) is 52.4 Å². The van der Waals surface area contributed by atoms with Gasteiger partial charge in [0.25, 0.3) is 0 Å². The molecule has 0 radical (unpaired) electrons. The summed E-state index contributed by atoms with van der Waals surface area (Å²) >= 11 is 0. The highest BCUT2D eigenvalue weighted by Gasteiger charge is 2.06. The van der Waals surface area contributed by atoms with Gasteiger partial charge in [0.1, 0.15) is 0 Å². The molecule has 0 fully saturated rings. The van der Waals surface area contributed by atoms with E-state index in [2.05, 4.69) is 50.2 Å². The minimum Gasteiger partial charge on any atom is -0.0654 e. The van der Waals surface area contributed by atoms with E-state index in [4.69, 9.17) is 0 Å². The van der Waals surface area contributed by atoms with Gasteiger partial charge in [-0.1, -0.05) is 69.5 Å². The molecule has 0 saturated heterocycles. The maximum absolute atomic E-state index is 2.35. The Balaban J connectivity index is 2.35. The van der Waals surface area contributed by atoms with E-state index < -0.39 is 0 Å². The fourth-order valence-electron chi connectivity index (χ4n) is 2.73. The number of aryl methyl sites for hydroxylation is 2. The van der Waals surface area contributed by atoms with Crippen molar-refractivity contribution in [3.05, 3.63) is 47.5 Å². The topological polar surface area (TPSA) is 0 Å². The molecular formula is C18H24. The molecule has 2 aromatic rings. The van der Waals surface area contributed by atoms with Crippen LogP contribution >= 0.6 is 0 Å². The van der Waals surface area contributed by atoms with Crippen LogP contribution in [0.3, 0.4) is 0 Å². The molecule has 0 amide bonds. The zero-order valence-electron chi connectivity index (χ0n) is 11.7. The molecule has 0 atom stereocenters. The molecule has 0 aromatic heterocycles. The third-order valence-corrected chi connectivity index (χ3v) is 3.69. The standard InChI is InChI=1S/C18H24/c1-3-5-6-10-15-13-14-16-11-7-8-12-18(16)17(15)9-4-2/h7-8,11-14H,3-6,9-10H2,1-2H3. The van der Waals surface area contributed by atoms with E-state index in [-0.39, 0.29) is 0 Å². The summed E-state index contributed by atoms with van der Waals surface area (Å²) in [6.45, 7) is 4.55. The van der Waals surface area contributed by atoms with Gasteiger partial charge < -0.3 is 0 Å². The zero-order valence-corrected chi connectivity index (χ0v) is 11.7. The lowest BCUT2D eigenvalue weighted by molar-refractivity contribution is 0.712. The Kier molecular flexibility index (Phi) is 4.81. The second-order valence-corrected chi connectivity index (χ2v) is 5.13. The van der Waals surface area contributed by atoms with Gasteiger partial charge >= 0.3 is 0 Å². The highest BCUT2D eigenvalue weighted by molar-refractivity contribution is 5.86. The molecule has 0 nitrogen and oxygen atoms in total. The first kappa shape index (κ1) is 13.1. The van der Waals surface area contributed by atoms with Crippen LogP contribution in [0.1, 0.15) is 50.7 Å². The van der Waals surface area contributed by atoms with Crippen molar-refractivity contribution < 1.29 is 0 Å². The largest absolute Gasteiger partial charge is 0.0654 e. The van der Waals surface area contributed by atoms with Crippen LogP contribution in [-0.4, -0.2) is 0 Å². The molecule has 0 N–H and O–H groups in total. The first-order chi connectivity index (χ1) is 8.86. The van der Waals surface area contributed by atoms with E-state index >= 15 is 0 Å². The van der Waals surface area contributed by atoms with E-state index in [0.29, 0.717) is 0 Å². The Bertz CT molecular complexity index is 496. The van der Waals surface area contributed by atoms with Crippen LogP contribution < -0.4 is 0 Å². The van der Waals surface area contributed by atoms with Crippen molar-refractivity contribution in [2.75, 3.05) is 0 Å². The number of benzene rings is 2. The second kappa shape index (κ2) is 6.58. The number of unbranched alkanes of at least 4 members (excludes halogenated alkanes) is 2. The first-order valence-corrected chi connectivity index (χ1v) is 7.36. The molecule has 0 saturated carbocycles. The molecule has 2 aromatic carbocycles. The van der Waals surface area contributed by atoms with Gasteiger partial charge in [-0.15, -0.1) is 0 Å². The van der Waals surface area contributed by atoms with Crippen LogP contribution in [0.4, 0.5) is 0 Å². The van der Waals surface area contributed by atoms with Gasteiger partial charge in [-0.2, -0.15) is 0 Å². The summed E-state index contributed by atoms with van der Waals surface area (Å²) in [5, 5.41) is 2.86. The molecule has 0 heteroatoms. The van der Waals surface area contributed by atoms with Crippen molar-refractivity contribution in [3.8, 4) is 0 Å². The molecule has 0 aliphatic carbocycles. The number of hydrogen-bond acceptors (Lipinski definition) is 0. The third-order valence-electron chi connectivity index (χ3n) is 3.69. The van der Waals surface area contributed by atoms with E-state index in [9.17, 15) is 0 Å². The molecule has 18 heavy (non-hydrogen) atoms. The number of rotatable bonds is 6. The summed E-state index contributed by atoms with van der Waals surface area (Å²) in [4.78, 5) is 0. The number of hydrogen-bond donors (Lipinski definition) is 0. The van der Waals surface area contributed by atoms with Crippen LogP contribution in [0.15, 0.2) is 36.4 Å². The lowest BCUT2D eigenvalue weighted by atomic mass is 9.93. The summed E-state index contributed by atoms with van der Waals surface area (Å²) < 4.78 is 0. The third kappa shape index (κ3) is 2.93. The minimum atomic E-state index is 1.21. The lowest BCUT2D eigenvalue weighted by Gasteiger charge is -2.12. The SMILES string of the molecule is CCCCCc1ccc2ccccc2c1CCC. The molecule has 0 unspecified atom stereocenters. The highest BCUT2D eigenvalue weighted by Crippen LogP contribution is 2.25. The van der Waals surface area contributed by atoms with E-state index in [0.717, 1.165) is 0 Å². The van der Waals surface area contributed by atoms with Crippen LogP contribution in [0.2, 0.25) is 0 Å². The Hall–Kier alpha value is -1.30. The normalized spacial score (nSPS) is 11.0. The summed E-state index contributed by atoms with van der Waals surface area (Å²) in [6, 6.07) is 13.4. The molecule has 0 heterocycles. The Morgan fingerprint density at radius 2 is 1.61 bits per heavy atom. The van der Waals surface area contributed by atoms with Crippen molar-refractivity contribution in [1.82, 2.24) is 0 Å². The van der Waals surface area contributed by atoms with Crippen molar-refractivity contribution in [3.63, 3.8) is 0 Å². The molecule has 0 aliphatic rings. The molecule has 0 spiro atoms. The molecule has 0 bridgehead atoms. The second-order valence-electron chi connectivity index (χ2n) is 5.13. The summed E-state index contributed by atoms with van der Waals surface area (Å²) in [5.41, 5.74) is 3.16. The summed E-state index contributed by atoms with van der Waals surface area (Å²) in [5.74, 6) is 0. The maximum atomic E-state index is 2.35. The molecule has 2 rings (SSSR count). The van der Waals surface area contributed by atoms with E-state index in [1.807, 2.05) is 0 Å². The average Bonchev–Trinajstić information content (AvgIpc) is 2.41. The van der Waals surface area contributed by atoms with Gasteiger partial charge in [-0.25, -0.2) is 0 Å². The van der Waals surface area contributed by atoms with Gasteiger partial charge in [0.05, 0.1) is 0 Å². The number of fused-ring (bicyclic) bond motifs is 1. The van der Waals surface area contributed by atoms with Crippen LogP contribution in [0.25, 0.3) is 10.8 Å². The van der Waals surface area contributed by atoms with Crippen molar-refractivity contribution in [1.29, 1.82) is 0 Å². The predicted molar refractivity (Wildman–Crippen MR) is 81.2 cm³/mol. The van der Waals surface area contributed by atoms with Crippen LogP contribution in [-0.2, 0) is 12.8 Å². The van der Waals surface area contributed by atoms with Crippen molar-refractivity contribution in [2.24, 2.45) is 0 Å². The Labute approximate surface area is 111 Å². The van der Waals surface area contributed by atoms with Crippen molar-refractivity contribution >= 4 is 10.8 Å². The van der Waals surface area contributed by atoms with Gasteiger partial charge in [0, 0.05) is 0 Å². The van der Waals surface area contributed by atoms with Gasteiger partial charge in [-0.3, -0.25) is 0 Å². The summed E-state index contributed by atoms with van der Waals surface area (Å²) in [7, 11) is 0. The molecular weight excluding hydrogens is 216 g/mol. The maximum Gasteiger partial charge on any atom is -0.0149 e. The minimum absolute atomic E-state index is 1.21. The van der Waals surface area contributed by atoms with Gasteiger partial charge in [0.2, 0.25) is 0 Å². The summed E-state index contributed by atoms with van der Waals surface area (Å²) in [6.07, 6.45) is 7.66. The van der Waals surface area contributed by atoms with Crippen LogP contribution in [0, 0.1) is 0 Å². The monoisotopic (exact) mass is 240 g/mol. The van der Waals surface area contributed by atoms with Crippen LogP contribution in [0.5, 0.6) is 0 Å².